The molecule has 0 bridgehead atoms. The second kappa shape index (κ2) is 6.39. The van der Waals surface area contributed by atoms with Crippen LogP contribution in [0.2, 0.25) is 0 Å². The molecule has 0 amide bonds. The van der Waals surface area contributed by atoms with Crippen molar-refractivity contribution in [1.82, 2.24) is 8.61 Å². The zero-order valence-corrected chi connectivity index (χ0v) is 12.7. The number of nitrogens with zero attached hydrogens (tertiary/aromatic N) is 2. The molecule has 5 nitrogen and oxygen atoms in total. The van der Waals surface area contributed by atoms with Crippen LogP contribution in [-0.4, -0.2) is 55.4 Å². The predicted octanol–water partition coefficient (Wildman–Crippen LogP) is 1.32. The van der Waals surface area contributed by atoms with E-state index in [4.69, 9.17) is 5.73 Å². The molecule has 2 N–H and O–H groups in total. The number of hydrogen-bond acceptors (Lipinski definition) is 3. The highest BCUT2D eigenvalue weighted by Gasteiger charge is 2.44. The molecule has 9 heteroatoms. The van der Waals surface area contributed by atoms with Gasteiger partial charge in [-0.3, -0.25) is 0 Å². The standard InChI is InChI=1S/C12H22F3N3O2S/c13-12(14,15)10-4-7-17(8-5-10)21(19,20)18-6-2-1-3-11(18)9-16/h10-11H,1-9,16H2. The Morgan fingerprint density at radius 2 is 1.67 bits per heavy atom. The molecule has 1 atom stereocenters. The molecule has 0 aromatic rings. The van der Waals surface area contributed by atoms with Crippen LogP contribution in [0, 0.1) is 5.92 Å². The minimum absolute atomic E-state index is 0.0691. The van der Waals surface area contributed by atoms with Crippen molar-refractivity contribution in [2.24, 2.45) is 11.7 Å². The van der Waals surface area contributed by atoms with Crippen molar-refractivity contribution in [3.63, 3.8) is 0 Å². The SMILES string of the molecule is NCC1CCCCN1S(=O)(=O)N1CCC(C(F)(F)F)CC1. The summed E-state index contributed by atoms with van der Waals surface area (Å²) in [7, 11) is -3.70. The summed E-state index contributed by atoms with van der Waals surface area (Å²) >= 11 is 0. The van der Waals surface area contributed by atoms with Crippen LogP contribution in [0.25, 0.3) is 0 Å². The Labute approximate surface area is 123 Å². The Morgan fingerprint density at radius 3 is 2.19 bits per heavy atom. The van der Waals surface area contributed by atoms with Crippen molar-refractivity contribution in [3.8, 4) is 0 Å². The van der Waals surface area contributed by atoms with E-state index in [0.29, 0.717) is 6.54 Å². The monoisotopic (exact) mass is 329 g/mol. The van der Waals surface area contributed by atoms with Crippen LogP contribution in [-0.2, 0) is 10.2 Å². The molecule has 2 aliphatic heterocycles. The van der Waals surface area contributed by atoms with Gasteiger partial charge in [0.05, 0.1) is 5.92 Å². The van der Waals surface area contributed by atoms with Crippen molar-refractivity contribution in [2.75, 3.05) is 26.2 Å². The number of halogens is 3. The van der Waals surface area contributed by atoms with Gasteiger partial charge in [-0.15, -0.1) is 0 Å². The molecule has 0 saturated carbocycles. The van der Waals surface area contributed by atoms with Crippen molar-refractivity contribution in [2.45, 2.75) is 44.3 Å². The van der Waals surface area contributed by atoms with Gasteiger partial charge in [-0.1, -0.05) is 6.42 Å². The Hall–Kier alpha value is -0.380. The van der Waals surface area contributed by atoms with Gasteiger partial charge in [0, 0.05) is 32.2 Å². The minimum Gasteiger partial charge on any atom is -0.329 e. The zero-order chi connectivity index (χ0) is 15.7. The summed E-state index contributed by atoms with van der Waals surface area (Å²) in [6, 6.07) is -0.232. The van der Waals surface area contributed by atoms with E-state index in [1.165, 1.54) is 8.61 Å². The maximum Gasteiger partial charge on any atom is 0.391 e. The molecule has 21 heavy (non-hydrogen) atoms. The molecule has 2 rings (SSSR count). The second-order valence-corrected chi connectivity index (χ2v) is 7.60. The van der Waals surface area contributed by atoms with Gasteiger partial charge in [0.1, 0.15) is 0 Å². The van der Waals surface area contributed by atoms with Crippen molar-refractivity contribution >= 4 is 10.2 Å². The Kier molecular flexibility index (Phi) is 5.17. The van der Waals surface area contributed by atoms with E-state index >= 15 is 0 Å². The van der Waals surface area contributed by atoms with E-state index in [1.54, 1.807) is 0 Å². The fourth-order valence-corrected chi connectivity index (χ4v) is 4.97. The van der Waals surface area contributed by atoms with E-state index in [9.17, 15) is 21.6 Å². The molecular formula is C12H22F3N3O2S. The van der Waals surface area contributed by atoms with E-state index in [-0.39, 0.29) is 38.5 Å². The maximum absolute atomic E-state index is 12.6. The lowest BCUT2D eigenvalue weighted by molar-refractivity contribution is -0.182. The van der Waals surface area contributed by atoms with Crippen LogP contribution < -0.4 is 5.73 Å². The second-order valence-electron chi connectivity index (χ2n) is 5.72. The summed E-state index contributed by atoms with van der Waals surface area (Å²) in [6.07, 6.45) is -2.14. The van der Waals surface area contributed by atoms with Crippen LogP contribution in [0.15, 0.2) is 0 Å². The first-order valence-electron chi connectivity index (χ1n) is 7.30. The fraction of sp³-hybridized carbons (Fsp3) is 1.00. The topological polar surface area (TPSA) is 66.6 Å². The van der Waals surface area contributed by atoms with Gasteiger partial charge in [-0.2, -0.15) is 30.2 Å². The van der Waals surface area contributed by atoms with E-state index < -0.39 is 22.3 Å². The van der Waals surface area contributed by atoms with E-state index in [2.05, 4.69) is 0 Å². The van der Waals surface area contributed by atoms with Gasteiger partial charge >= 0.3 is 6.18 Å². The molecule has 1 unspecified atom stereocenters. The molecule has 0 radical (unpaired) electrons. The zero-order valence-electron chi connectivity index (χ0n) is 11.8. The van der Waals surface area contributed by atoms with Gasteiger partial charge in [0.25, 0.3) is 10.2 Å². The lowest BCUT2D eigenvalue weighted by Gasteiger charge is -2.40. The summed E-state index contributed by atoms with van der Waals surface area (Å²) < 4.78 is 65.6. The van der Waals surface area contributed by atoms with Crippen molar-refractivity contribution in [3.05, 3.63) is 0 Å². The molecular weight excluding hydrogens is 307 g/mol. The first-order valence-corrected chi connectivity index (χ1v) is 8.70. The first kappa shape index (κ1) is 17.0. The third-order valence-corrected chi connectivity index (χ3v) is 6.48. The molecule has 0 aliphatic carbocycles. The average molecular weight is 329 g/mol. The van der Waals surface area contributed by atoms with Crippen LogP contribution in [0.5, 0.6) is 0 Å². The summed E-state index contributed by atoms with van der Waals surface area (Å²) in [5.41, 5.74) is 5.63. The Balaban J connectivity index is 2.04. The number of hydrogen-bond donors (Lipinski definition) is 1. The lowest BCUT2D eigenvalue weighted by Crippen LogP contribution is -2.54. The van der Waals surface area contributed by atoms with E-state index in [1.807, 2.05) is 0 Å². The van der Waals surface area contributed by atoms with Gasteiger partial charge in [-0.05, 0) is 25.7 Å². The molecule has 2 heterocycles. The normalized spacial score (nSPS) is 27.9. The number of rotatable bonds is 3. The van der Waals surface area contributed by atoms with Crippen LogP contribution in [0.1, 0.15) is 32.1 Å². The van der Waals surface area contributed by atoms with Crippen LogP contribution in [0.3, 0.4) is 0 Å². The largest absolute Gasteiger partial charge is 0.391 e. The number of alkyl halides is 3. The molecule has 2 fully saturated rings. The summed E-state index contributed by atoms with van der Waals surface area (Å²) in [5.74, 6) is -1.39. The van der Waals surface area contributed by atoms with Gasteiger partial charge in [0.2, 0.25) is 0 Å². The summed E-state index contributed by atoms with van der Waals surface area (Å²) in [6.45, 7) is 0.516. The average Bonchev–Trinajstić information content (AvgIpc) is 2.46. The molecule has 0 spiro atoms. The maximum atomic E-state index is 12.6. The highest BCUT2D eigenvalue weighted by atomic mass is 32.2. The lowest BCUT2D eigenvalue weighted by atomic mass is 9.98. The highest BCUT2D eigenvalue weighted by Crippen LogP contribution is 2.35. The molecule has 2 saturated heterocycles. The fourth-order valence-electron chi connectivity index (χ4n) is 3.08. The van der Waals surface area contributed by atoms with Gasteiger partial charge in [0.15, 0.2) is 0 Å². The Bertz CT molecular complexity index is 447. The third kappa shape index (κ3) is 3.69. The van der Waals surface area contributed by atoms with Crippen molar-refractivity contribution < 1.29 is 21.6 Å². The molecule has 0 aromatic heterocycles. The predicted molar refractivity (Wildman–Crippen MR) is 72.7 cm³/mol. The minimum atomic E-state index is -4.24. The van der Waals surface area contributed by atoms with Crippen LogP contribution >= 0.6 is 0 Å². The smallest absolute Gasteiger partial charge is 0.329 e. The van der Waals surface area contributed by atoms with Crippen molar-refractivity contribution in [1.29, 1.82) is 0 Å². The highest BCUT2D eigenvalue weighted by molar-refractivity contribution is 7.86. The number of piperidine rings is 2. The summed E-state index contributed by atoms with van der Waals surface area (Å²) in [4.78, 5) is 0. The van der Waals surface area contributed by atoms with Gasteiger partial charge < -0.3 is 5.73 Å². The third-order valence-electron chi connectivity index (χ3n) is 4.38. The first-order chi connectivity index (χ1) is 9.76. The quantitative estimate of drug-likeness (QED) is 0.849. The molecule has 124 valence electrons. The Morgan fingerprint density at radius 1 is 1.05 bits per heavy atom. The molecule has 0 aromatic carbocycles. The van der Waals surface area contributed by atoms with Gasteiger partial charge in [-0.25, -0.2) is 0 Å². The van der Waals surface area contributed by atoms with Crippen LogP contribution in [0.4, 0.5) is 13.2 Å². The molecule has 2 aliphatic rings. The van der Waals surface area contributed by atoms with E-state index in [0.717, 1.165) is 19.3 Å². The number of nitrogens with two attached hydrogens (primary N) is 1. The summed E-state index contributed by atoms with van der Waals surface area (Å²) in [5, 5.41) is 0.